The number of amides is 1. The lowest BCUT2D eigenvalue weighted by Crippen LogP contribution is -2.08. The minimum atomic E-state index is -0.480. The zero-order chi connectivity index (χ0) is 21.5. The highest BCUT2D eigenvalue weighted by molar-refractivity contribution is 7.99. The molecule has 0 spiro atoms. The third-order valence-corrected chi connectivity index (χ3v) is 5.01. The lowest BCUT2D eigenvalue weighted by Gasteiger charge is -2.08. The maximum absolute atomic E-state index is 12.3. The Balaban J connectivity index is 1.56. The standard InChI is InChI=1S/C22H18N2O5S/c1-15(25)23-18-4-2-3-17(13-18)22(26)29-14-16-5-9-20(10-6-16)30-21-11-7-19(8-12-21)24(27)28/h2-13H,14H2,1H3,(H,23,25). The normalized spacial score (nSPS) is 10.3. The van der Waals surface area contributed by atoms with Crippen molar-refractivity contribution in [2.75, 3.05) is 5.32 Å². The molecular formula is C22H18N2O5S. The fourth-order valence-electron chi connectivity index (χ4n) is 2.59. The summed E-state index contributed by atoms with van der Waals surface area (Å²) in [6.07, 6.45) is 0. The van der Waals surface area contributed by atoms with Crippen LogP contribution < -0.4 is 5.32 Å². The Hall–Kier alpha value is -3.65. The highest BCUT2D eigenvalue weighted by atomic mass is 32.2. The average Bonchev–Trinajstić information content (AvgIpc) is 2.73. The summed E-state index contributed by atoms with van der Waals surface area (Å²) < 4.78 is 5.35. The maximum Gasteiger partial charge on any atom is 0.338 e. The van der Waals surface area contributed by atoms with E-state index in [1.54, 1.807) is 36.4 Å². The van der Waals surface area contributed by atoms with Gasteiger partial charge < -0.3 is 10.1 Å². The number of non-ortho nitro benzene ring substituents is 1. The van der Waals surface area contributed by atoms with E-state index in [1.165, 1.54) is 30.8 Å². The van der Waals surface area contributed by atoms with Gasteiger partial charge in [-0.25, -0.2) is 4.79 Å². The molecule has 0 bridgehead atoms. The van der Waals surface area contributed by atoms with Crippen molar-refractivity contribution in [1.82, 2.24) is 0 Å². The highest BCUT2D eigenvalue weighted by Gasteiger charge is 2.09. The van der Waals surface area contributed by atoms with E-state index in [4.69, 9.17) is 4.74 Å². The summed E-state index contributed by atoms with van der Waals surface area (Å²) >= 11 is 1.48. The molecule has 0 fully saturated rings. The number of benzene rings is 3. The number of rotatable bonds is 7. The summed E-state index contributed by atoms with van der Waals surface area (Å²) in [5.74, 6) is -0.696. The molecule has 1 N–H and O–H groups in total. The second-order valence-corrected chi connectivity index (χ2v) is 7.48. The first kappa shape index (κ1) is 21.1. The van der Waals surface area contributed by atoms with Gasteiger partial charge in [0.1, 0.15) is 6.61 Å². The zero-order valence-electron chi connectivity index (χ0n) is 16.0. The summed E-state index contributed by atoms with van der Waals surface area (Å²) in [6, 6.07) is 20.4. The number of nitro benzene ring substituents is 1. The first-order valence-electron chi connectivity index (χ1n) is 8.97. The first-order valence-corrected chi connectivity index (χ1v) is 9.78. The van der Waals surface area contributed by atoms with E-state index in [0.717, 1.165) is 15.4 Å². The van der Waals surface area contributed by atoms with Gasteiger partial charge in [0.15, 0.2) is 0 Å². The molecule has 0 aliphatic rings. The molecule has 0 saturated carbocycles. The van der Waals surface area contributed by atoms with Crippen LogP contribution in [0, 0.1) is 10.1 Å². The number of nitrogens with one attached hydrogen (secondary N) is 1. The molecular weight excluding hydrogens is 404 g/mol. The molecule has 0 unspecified atom stereocenters. The minimum Gasteiger partial charge on any atom is -0.457 e. The summed E-state index contributed by atoms with van der Waals surface area (Å²) in [4.78, 5) is 35.5. The number of ether oxygens (including phenoxy) is 1. The van der Waals surface area contributed by atoms with Gasteiger partial charge in [-0.05, 0) is 48.0 Å². The van der Waals surface area contributed by atoms with Gasteiger partial charge in [-0.1, -0.05) is 30.0 Å². The van der Waals surface area contributed by atoms with Gasteiger partial charge in [0.25, 0.3) is 5.69 Å². The lowest BCUT2D eigenvalue weighted by atomic mass is 10.2. The largest absolute Gasteiger partial charge is 0.457 e. The lowest BCUT2D eigenvalue weighted by molar-refractivity contribution is -0.384. The minimum absolute atomic E-state index is 0.0547. The van der Waals surface area contributed by atoms with Gasteiger partial charge in [0.05, 0.1) is 10.5 Å². The van der Waals surface area contributed by atoms with Gasteiger partial charge in [0.2, 0.25) is 5.91 Å². The average molecular weight is 422 g/mol. The summed E-state index contributed by atoms with van der Waals surface area (Å²) in [7, 11) is 0. The van der Waals surface area contributed by atoms with Crippen molar-refractivity contribution < 1.29 is 19.2 Å². The Labute approximate surface area is 177 Å². The third-order valence-electron chi connectivity index (χ3n) is 4.00. The molecule has 3 aromatic carbocycles. The molecule has 3 aromatic rings. The van der Waals surface area contributed by atoms with Crippen molar-refractivity contribution >= 4 is 35.0 Å². The van der Waals surface area contributed by atoms with E-state index >= 15 is 0 Å². The number of esters is 1. The molecule has 1 amide bonds. The van der Waals surface area contributed by atoms with E-state index in [0.29, 0.717) is 11.3 Å². The van der Waals surface area contributed by atoms with Crippen LogP contribution in [0.15, 0.2) is 82.6 Å². The quantitative estimate of drug-likeness (QED) is 0.325. The Morgan fingerprint density at radius 2 is 1.63 bits per heavy atom. The molecule has 0 radical (unpaired) electrons. The van der Waals surface area contributed by atoms with Crippen LogP contribution in [-0.2, 0) is 16.1 Å². The third kappa shape index (κ3) is 5.92. The fraction of sp³-hybridized carbons (Fsp3) is 0.0909. The zero-order valence-corrected chi connectivity index (χ0v) is 16.8. The van der Waals surface area contributed by atoms with Crippen molar-refractivity contribution in [3.63, 3.8) is 0 Å². The van der Waals surface area contributed by atoms with Crippen LogP contribution >= 0.6 is 11.8 Å². The number of carbonyl (C=O) groups is 2. The molecule has 0 saturated heterocycles. The van der Waals surface area contributed by atoms with Crippen molar-refractivity contribution in [1.29, 1.82) is 0 Å². The van der Waals surface area contributed by atoms with Gasteiger partial charge in [0, 0.05) is 34.5 Å². The number of carbonyl (C=O) groups excluding carboxylic acids is 2. The molecule has 152 valence electrons. The smallest absolute Gasteiger partial charge is 0.338 e. The predicted octanol–water partition coefficient (Wildman–Crippen LogP) is 5.06. The van der Waals surface area contributed by atoms with Crippen LogP contribution in [-0.4, -0.2) is 16.8 Å². The summed E-state index contributed by atoms with van der Waals surface area (Å²) in [6.45, 7) is 1.51. The second kappa shape index (κ2) is 9.71. The second-order valence-electron chi connectivity index (χ2n) is 6.34. The molecule has 0 heterocycles. The molecule has 0 aliphatic heterocycles. The molecule has 3 rings (SSSR count). The van der Waals surface area contributed by atoms with E-state index in [1.807, 2.05) is 24.3 Å². The van der Waals surface area contributed by atoms with Crippen LogP contribution in [0.25, 0.3) is 0 Å². The number of hydrogen-bond donors (Lipinski definition) is 1. The highest BCUT2D eigenvalue weighted by Crippen LogP contribution is 2.29. The van der Waals surface area contributed by atoms with Gasteiger partial charge in [-0.3, -0.25) is 14.9 Å². The van der Waals surface area contributed by atoms with Crippen molar-refractivity contribution in [2.45, 2.75) is 23.3 Å². The van der Waals surface area contributed by atoms with Gasteiger partial charge in [-0.15, -0.1) is 0 Å². The Bertz CT molecular complexity index is 1070. The molecule has 0 atom stereocenters. The monoisotopic (exact) mass is 422 g/mol. The van der Waals surface area contributed by atoms with Crippen LogP contribution in [0.2, 0.25) is 0 Å². The van der Waals surface area contributed by atoms with Crippen molar-refractivity contribution in [2.24, 2.45) is 0 Å². The van der Waals surface area contributed by atoms with E-state index in [-0.39, 0.29) is 18.2 Å². The van der Waals surface area contributed by atoms with Crippen LogP contribution in [0.1, 0.15) is 22.8 Å². The van der Waals surface area contributed by atoms with Crippen LogP contribution in [0.5, 0.6) is 0 Å². The van der Waals surface area contributed by atoms with E-state index in [9.17, 15) is 19.7 Å². The van der Waals surface area contributed by atoms with E-state index in [2.05, 4.69) is 5.32 Å². The van der Waals surface area contributed by atoms with Gasteiger partial charge in [-0.2, -0.15) is 0 Å². The fourth-order valence-corrected chi connectivity index (χ4v) is 3.40. The maximum atomic E-state index is 12.3. The number of hydrogen-bond acceptors (Lipinski definition) is 6. The Morgan fingerprint density at radius 3 is 2.23 bits per heavy atom. The summed E-state index contributed by atoms with van der Waals surface area (Å²) in [5, 5.41) is 13.3. The Morgan fingerprint density at radius 1 is 1.00 bits per heavy atom. The number of anilines is 1. The van der Waals surface area contributed by atoms with Crippen molar-refractivity contribution in [3.05, 3.63) is 94.0 Å². The molecule has 0 aliphatic carbocycles. The van der Waals surface area contributed by atoms with Gasteiger partial charge >= 0.3 is 5.97 Å². The molecule has 7 nitrogen and oxygen atoms in total. The Kier molecular flexibility index (Phi) is 6.82. The SMILES string of the molecule is CC(=O)Nc1cccc(C(=O)OCc2ccc(Sc3ccc([N+](=O)[O-])cc3)cc2)c1. The van der Waals surface area contributed by atoms with Crippen LogP contribution in [0.3, 0.4) is 0 Å². The number of nitro groups is 1. The van der Waals surface area contributed by atoms with Crippen molar-refractivity contribution in [3.8, 4) is 0 Å². The van der Waals surface area contributed by atoms with Crippen LogP contribution in [0.4, 0.5) is 11.4 Å². The van der Waals surface area contributed by atoms with E-state index < -0.39 is 10.9 Å². The molecule has 30 heavy (non-hydrogen) atoms. The molecule has 8 heteroatoms. The molecule has 0 aromatic heterocycles. The summed E-state index contributed by atoms with van der Waals surface area (Å²) in [5.41, 5.74) is 1.77. The topological polar surface area (TPSA) is 98.5 Å². The first-order chi connectivity index (χ1) is 14.4. The number of nitrogens with zero attached hydrogens (tertiary/aromatic N) is 1. The predicted molar refractivity (Wildman–Crippen MR) is 114 cm³/mol.